The first-order valence-electron chi connectivity index (χ1n) is 5.12. The van der Waals surface area contributed by atoms with Crippen LogP contribution in [0.1, 0.15) is 24.4 Å². The molecule has 2 rings (SSSR count). The van der Waals surface area contributed by atoms with Crippen LogP contribution in [0.15, 0.2) is 12.1 Å². The number of phenols is 1. The summed E-state index contributed by atoms with van der Waals surface area (Å²) >= 11 is 4.26. The van der Waals surface area contributed by atoms with Crippen LogP contribution in [0.3, 0.4) is 0 Å². The standard InChI is InChI=1S/C11H13I2NO2.ClH/c12-6-3-7(11(16)8(13)4-6)9(14)10(15)5-1-2-5;/h3-5,9-10,15-16H,1-2,14H2;1H/t9-,10+;/m0./s1. The van der Waals surface area contributed by atoms with Crippen molar-refractivity contribution in [2.24, 2.45) is 11.7 Å². The summed E-state index contributed by atoms with van der Waals surface area (Å²) in [5.41, 5.74) is 6.65. The highest BCUT2D eigenvalue weighted by molar-refractivity contribution is 14.1. The smallest absolute Gasteiger partial charge is 0.133 e. The lowest BCUT2D eigenvalue weighted by molar-refractivity contribution is 0.121. The van der Waals surface area contributed by atoms with Gasteiger partial charge in [0.15, 0.2) is 0 Å². The minimum absolute atomic E-state index is 0. The highest BCUT2D eigenvalue weighted by atomic mass is 127. The van der Waals surface area contributed by atoms with E-state index < -0.39 is 12.1 Å². The SMILES string of the molecule is Cl.N[C@@H](c1cc(I)cc(I)c1O)[C@H](O)C1CC1. The van der Waals surface area contributed by atoms with Crippen LogP contribution in [0.2, 0.25) is 0 Å². The van der Waals surface area contributed by atoms with Gasteiger partial charge in [0, 0.05) is 9.13 Å². The van der Waals surface area contributed by atoms with Crippen molar-refractivity contribution in [1.29, 1.82) is 0 Å². The van der Waals surface area contributed by atoms with E-state index in [9.17, 15) is 10.2 Å². The first-order chi connectivity index (χ1) is 7.50. The molecule has 0 bridgehead atoms. The van der Waals surface area contributed by atoms with Gasteiger partial charge in [0.2, 0.25) is 0 Å². The van der Waals surface area contributed by atoms with Gasteiger partial charge in [-0.05, 0) is 76.1 Å². The van der Waals surface area contributed by atoms with E-state index in [1.165, 1.54) is 0 Å². The molecule has 96 valence electrons. The van der Waals surface area contributed by atoms with Crippen molar-refractivity contribution >= 4 is 57.6 Å². The lowest BCUT2D eigenvalue weighted by Gasteiger charge is -2.20. The fourth-order valence-corrected chi connectivity index (χ4v) is 3.64. The molecule has 0 amide bonds. The minimum atomic E-state index is -0.542. The fraction of sp³-hybridized carbons (Fsp3) is 0.455. The number of benzene rings is 1. The minimum Gasteiger partial charge on any atom is -0.506 e. The van der Waals surface area contributed by atoms with E-state index in [1.807, 2.05) is 12.1 Å². The molecule has 1 aliphatic rings. The first-order valence-corrected chi connectivity index (χ1v) is 7.28. The molecule has 1 fully saturated rings. The third-order valence-electron chi connectivity index (χ3n) is 2.89. The number of hydrogen-bond acceptors (Lipinski definition) is 3. The van der Waals surface area contributed by atoms with E-state index in [1.54, 1.807) is 0 Å². The Morgan fingerprint density at radius 2 is 1.88 bits per heavy atom. The maximum atomic E-state index is 9.98. The van der Waals surface area contributed by atoms with Gasteiger partial charge in [0.25, 0.3) is 0 Å². The van der Waals surface area contributed by atoms with Gasteiger partial charge >= 0.3 is 0 Å². The van der Waals surface area contributed by atoms with Crippen LogP contribution in [0.25, 0.3) is 0 Å². The molecule has 6 heteroatoms. The maximum Gasteiger partial charge on any atom is 0.133 e. The molecule has 17 heavy (non-hydrogen) atoms. The van der Waals surface area contributed by atoms with Crippen LogP contribution >= 0.6 is 57.6 Å². The number of aliphatic hydroxyl groups is 1. The number of rotatable bonds is 3. The summed E-state index contributed by atoms with van der Waals surface area (Å²) in [4.78, 5) is 0. The molecule has 1 aromatic carbocycles. The summed E-state index contributed by atoms with van der Waals surface area (Å²) in [5.74, 6) is 0.512. The lowest BCUT2D eigenvalue weighted by atomic mass is 9.98. The lowest BCUT2D eigenvalue weighted by Crippen LogP contribution is -2.28. The Balaban J connectivity index is 0.00000144. The van der Waals surface area contributed by atoms with E-state index in [2.05, 4.69) is 45.2 Å². The first kappa shape index (κ1) is 15.7. The Morgan fingerprint density at radius 3 is 2.41 bits per heavy atom. The van der Waals surface area contributed by atoms with Crippen LogP contribution in [-0.2, 0) is 0 Å². The fourth-order valence-electron chi connectivity index (χ4n) is 1.75. The number of halogens is 3. The van der Waals surface area contributed by atoms with Gasteiger partial charge in [0.1, 0.15) is 5.75 Å². The van der Waals surface area contributed by atoms with Crippen LogP contribution in [0.4, 0.5) is 0 Å². The van der Waals surface area contributed by atoms with E-state index in [-0.39, 0.29) is 18.2 Å². The molecule has 0 saturated heterocycles. The third kappa shape index (κ3) is 3.59. The van der Waals surface area contributed by atoms with Crippen molar-refractivity contribution in [3.8, 4) is 5.75 Å². The largest absolute Gasteiger partial charge is 0.506 e. The maximum absolute atomic E-state index is 9.98. The van der Waals surface area contributed by atoms with Gasteiger partial charge in [-0.25, -0.2) is 0 Å². The number of aliphatic hydroxyl groups excluding tert-OH is 1. The molecule has 0 radical (unpaired) electrons. The summed E-state index contributed by atoms with van der Waals surface area (Å²) in [7, 11) is 0. The summed E-state index contributed by atoms with van der Waals surface area (Å²) in [6.45, 7) is 0. The predicted octanol–water partition coefficient (Wildman–Crippen LogP) is 2.79. The third-order valence-corrected chi connectivity index (χ3v) is 4.33. The van der Waals surface area contributed by atoms with Crippen molar-refractivity contribution in [1.82, 2.24) is 0 Å². The molecule has 0 spiro atoms. The Morgan fingerprint density at radius 1 is 1.29 bits per heavy atom. The van der Waals surface area contributed by atoms with E-state index in [0.717, 1.165) is 20.0 Å². The van der Waals surface area contributed by atoms with Crippen molar-refractivity contribution in [2.75, 3.05) is 0 Å². The molecule has 3 nitrogen and oxygen atoms in total. The van der Waals surface area contributed by atoms with Crippen LogP contribution in [0.5, 0.6) is 5.75 Å². The van der Waals surface area contributed by atoms with E-state index in [4.69, 9.17) is 5.73 Å². The monoisotopic (exact) mass is 481 g/mol. The van der Waals surface area contributed by atoms with Crippen molar-refractivity contribution in [3.63, 3.8) is 0 Å². The zero-order valence-corrected chi connectivity index (χ0v) is 14.1. The quantitative estimate of drug-likeness (QED) is 0.582. The van der Waals surface area contributed by atoms with Crippen LogP contribution in [-0.4, -0.2) is 16.3 Å². The van der Waals surface area contributed by atoms with Crippen molar-refractivity contribution in [2.45, 2.75) is 25.0 Å². The van der Waals surface area contributed by atoms with Gasteiger partial charge in [-0.2, -0.15) is 0 Å². The average Bonchev–Trinajstić information content (AvgIpc) is 3.05. The van der Waals surface area contributed by atoms with Crippen LogP contribution < -0.4 is 5.73 Å². The van der Waals surface area contributed by atoms with Crippen molar-refractivity contribution in [3.05, 3.63) is 24.8 Å². The average molecular weight is 481 g/mol. The topological polar surface area (TPSA) is 66.5 Å². The van der Waals surface area contributed by atoms with Gasteiger partial charge in [-0.15, -0.1) is 12.4 Å². The summed E-state index contributed by atoms with van der Waals surface area (Å²) in [6, 6.07) is 3.24. The Labute approximate surface area is 134 Å². The Bertz CT molecular complexity index is 413. The second kappa shape index (κ2) is 6.23. The zero-order chi connectivity index (χ0) is 11.9. The summed E-state index contributed by atoms with van der Waals surface area (Å²) < 4.78 is 1.80. The number of aromatic hydroxyl groups is 1. The second-order valence-electron chi connectivity index (χ2n) is 4.18. The van der Waals surface area contributed by atoms with Gasteiger partial charge in [-0.1, -0.05) is 0 Å². The second-order valence-corrected chi connectivity index (χ2v) is 6.59. The molecule has 1 saturated carbocycles. The van der Waals surface area contributed by atoms with Gasteiger partial charge in [-0.3, -0.25) is 0 Å². The van der Waals surface area contributed by atoms with Crippen molar-refractivity contribution < 1.29 is 10.2 Å². The molecule has 0 aliphatic heterocycles. The number of hydrogen-bond donors (Lipinski definition) is 3. The molecule has 0 heterocycles. The highest BCUT2D eigenvalue weighted by Crippen LogP contribution is 2.40. The Hall–Kier alpha value is 0.690. The molecule has 2 atom stereocenters. The van der Waals surface area contributed by atoms with Gasteiger partial charge in [0.05, 0.1) is 15.7 Å². The molecule has 0 unspecified atom stereocenters. The van der Waals surface area contributed by atoms with E-state index >= 15 is 0 Å². The van der Waals surface area contributed by atoms with Crippen LogP contribution in [0, 0.1) is 13.1 Å². The number of phenolic OH excluding ortho intramolecular Hbond substituents is 1. The summed E-state index contributed by atoms with van der Waals surface area (Å²) in [5, 5.41) is 19.9. The van der Waals surface area contributed by atoms with Gasteiger partial charge < -0.3 is 15.9 Å². The molecule has 4 N–H and O–H groups in total. The normalized spacial score (nSPS) is 18.4. The highest BCUT2D eigenvalue weighted by Gasteiger charge is 2.35. The summed E-state index contributed by atoms with van der Waals surface area (Å²) in [6.07, 6.45) is 1.53. The molecule has 1 aliphatic carbocycles. The molecular weight excluding hydrogens is 467 g/mol. The predicted molar refractivity (Wildman–Crippen MR) is 86.4 cm³/mol. The number of nitrogens with two attached hydrogens (primary N) is 1. The molecular formula is C11H14ClI2NO2. The zero-order valence-electron chi connectivity index (χ0n) is 8.94. The molecule has 0 aromatic heterocycles. The van der Waals surface area contributed by atoms with E-state index in [0.29, 0.717) is 11.5 Å². The Kier molecular flexibility index (Phi) is 5.77. The molecule has 1 aromatic rings.